The molecule has 0 saturated heterocycles. The number of carbonyl (C=O) groups is 1. The van der Waals surface area contributed by atoms with Gasteiger partial charge in [0.2, 0.25) is 6.79 Å². The molecular formula is C23H16ClN7O3. The number of aryl methyl sites for hydroxylation is 1. The van der Waals surface area contributed by atoms with E-state index in [0.29, 0.717) is 50.4 Å². The highest BCUT2D eigenvalue weighted by Gasteiger charge is 2.20. The lowest BCUT2D eigenvalue weighted by Crippen LogP contribution is -2.15. The summed E-state index contributed by atoms with van der Waals surface area (Å²) < 4.78 is 14.0. The Kier molecular flexibility index (Phi) is 4.66. The zero-order valence-electron chi connectivity index (χ0n) is 17.8. The normalized spacial score (nSPS) is 12.3. The van der Waals surface area contributed by atoms with Gasteiger partial charge in [-0.1, -0.05) is 11.6 Å². The molecule has 0 fully saturated rings. The lowest BCUT2D eigenvalue weighted by Gasteiger charge is -2.09. The summed E-state index contributed by atoms with van der Waals surface area (Å²) in [5.74, 6) is 1.77. The van der Waals surface area contributed by atoms with Gasteiger partial charge in [0.15, 0.2) is 23.0 Å². The van der Waals surface area contributed by atoms with Gasteiger partial charge in [-0.2, -0.15) is 14.9 Å². The van der Waals surface area contributed by atoms with Crippen molar-refractivity contribution in [2.45, 2.75) is 6.92 Å². The Labute approximate surface area is 197 Å². The standard InChI is InChI=1S/C23H16ClN7O3/c1-13-8-20(28-23(32)14-2-7-18-19(9-14)34-12-33-18)31(29-13)22-17-10-27-30(21(17)25-11-26-22)16-5-3-15(24)4-6-16/h2-11H,12H2,1H3,(H,28,32). The number of nitrogens with one attached hydrogen (secondary N) is 1. The number of aromatic nitrogens is 6. The van der Waals surface area contributed by atoms with E-state index >= 15 is 0 Å². The molecule has 0 saturated carbocycles. The maximum atomic E-state index is 13.0. The second-order valence-electron chi connectivity index (χ2n) is 7.57. The van der Waals surface area contributed by atoms with Crippen LogP contribution in [0.1, 0.15) is 16.1 Å². The number of halogens is 1. The third-order valence-electron chi connectivity index (χ3n) is 5.32. The number of anilines is 1. The molecule has 5 aromatic rings. The number of amides is 1. The minimum absolute atomic E-state index is 0.139. The van der Waals surface area contributed by atoms with Crippen molar-refractivity contribution < 1.29 is 14.3 Å². The van der Waals surface area contributed by atoms with Crippen molar-refractivity contribution in [3.8, 4) is 23.0 Å². The van der Waals surface area contributed by atoms with Gasteiger partial charge in [0.25, 0.3) is 5.91 Å². The van der Waals surface area contributed by atoms with Crippen LogP contribution < -0.4 is 14.8 Å². The molecule has 1 aliphatic rings. The van der Waals surface area contributed by atoms with E-state index < -0.39 is 0 Å². The fourth-order valence-corrected chi connectivity index (χ4v) is 3.87. The molecule has 0 spiro atoms. The second-order valence-corrected chi connectivity index (χ2v) is 8.01. The van der Waals surface area contributed by atoms with E-state index in [-0.39, 0.29) is 12.7 Å². The highest BCUT2D eigenvalue weighted by Crippen LogP contribution is 2.33. The Bertz CT molecular complexity index is 1560. The lowest BCUT2D eigenvalue weighted by molar-refractivity contribution is 0.102. The summed E-state index contributed by atoms with van der Waals surface area (Å²) in [6.45, 7) is 1.97. The van der Waals surface area contributed by atoms with E-state index in [4.69, 9.17) is 21.1 Å². The zero-order valence-corrected chi connectivity index (χ0v) is 18.5. The van der Waals surface area contributed by atoms with Gasteiger partial charge in [0.05, 0.1) is 23.0 Å². The van der Waals surface area contributed by atoms with Gasteiger partial charge >= 0.3 is 0 Å². The molecule has 34 heavy (non-hydrogen) atoms. The number of hydrogen-bond donors (Lipinski definition) is 1. The molecule has 11 heteroatoms. The van der Waals surface area contributed by atoms with Crippen LogP contribution in [0.5, 0.6) is 11.5 Å². The first-order valence-electron chi connectivity index (χ1n) is 10.3. The minimum Gasteiger partial charge on any atom is -0.454 e. The van der Waals surface area contributed by atoms with Crippen LogP contribution in [-0.2, 0) is 0 Å². The maximum Gasteiger partial charge on any atom is 0.256 e. The van der Waals surface area contributed by atoms with Crippen LogP contribution in [0.2, 0.25) is 5.02 Å². The molecule has 10 nitrogen and oxygen atoms in total. The maximum absolute atomic E-state index is 13.0. The average Bonchev–Trinajstić information content (AvgIpc) is 3.57. The average molecular weight is 474 g/mol. The van der Waals surface area contributed by atoms with Crippen LogP contribution >= 0.6 is 11.6 Å². The van der Waals surface area contributed by atoms with E-state index in [1.807, 2.05) is 19.1 Å². The van der Waals surface area contributed by atoms with E-state index in [0.717, 1.165) is 5.69 Å². The summed E-state index contributed by atoms with van der Waals surface area (Å²) in [5, 5.41) is 13.2. The summed E-state index contributed by atoms with van der Waals surface area (Å²) in [7, 11) is 0. The van der Waals surface area contributed by atoms with Gasteiger partial charge in [-0.25, -0.2) is 14.6 Å². The highest BCUT2D eigenvalue weighted by atomic mass is 35.5. The van der Waals surface area contributed by atoms with Crippen LogP contribution in [0.3, 0.4) is 0 Å². The Morgan fingerprint density at radius 1 is 1.03 bits per heavy atom. The largest absolute Gasteiger partial charge is 0.454 e. The number of fused-ring (bicyclic) bond motifs is 2. The zero-order chi connectivity index (χ0) is 23.2. The first kappa shape index (κ1) is 20.2. The van der Waals surface area contributed by atoms with E-state index in [1.165, 1.54) is 6.33 Å². The predicted molar refractivity (Wildman–Crippen MR) is 124 cm³/mol. The molecule has 0 aliphatic carbocycles. The third kappa shape index (κ3) is 3.41. The van der Waals surface area contributed by atoms with Gasteiger partial charge in [-0.15, -0.1) is 0 Å². The first-order valence-corrected chi connectivity index (χ1v) is 10.7. The molecule has 4 heterocycles. The van der Waals surface area contributed by atoms with Gasteiger partial charge in [-0.3, -0.25) is 4.79 Å². The molecule has 0 radical (unpaired) electrons. The molecule has 0 bridgehead atoms. The summed E-state index contributed by atoms with van der Waals surface area (Å²) in [5.41, 5.74) is 2.53. The topological polar surface area (TPSA) is 109 Å². The Morgan fingerprint density at radius 3 is 2.71 bits per heavy atom. The van der Waals surface area contributed by atoms with Gasteiger partial charge in [0, 0.05) is 16.7 Å². The molecule has 1 amide bonds. The van der Waals surface area contributed by atoms with Gasteiger partial charge in [-0.05, 0) is 49.4 Å². The molecule has 2 aromatic carbocycles. The number of ether oxygens (including phenoxy) is 2. The molecule has 168 valence electrons. The van der Waals surface area contributed by atoms with Gasteiger partial charge < -0.3 is 14.8 Å². The van der Waals surface area contributed by atoms with Crippen molar-refractivity contribution in [2.24, 2.45) is 0 Å². The summed E-state index contributed by atoms with van der Waals surface area (Å²) in [6, 6.07) is 14.1. The van der Waals surface area contributed by atoms with Crippen LogP contribution in [-0.4, -0.2) is 42.2 Å². The van der Waals surface area contributed by atoms with Crippen molar-refractivity contribution >= 4 is 34.4 Å². The van der Waals surface area contributed by atoms with E-state index in [1.54, 1.807) is 52.0 Å². The molecule has 1 N–H and O–H groups in total. The number of rotatable bonds is 4. The van der Waals surface area contributed by atoms with Crippen molar-refractivity contribution in [1.82, 2.24) is 29.5 Å². The molecule has 1 aliphatic heterocycles. The second kappa shape index (κ2) is 7.85. The minimum atomic E-state index is -0.318. The van der Waals surface area contributed by atoms with Crippen LogP contribution in [0.4, 0.5) is 5.82 Å². The Morgan fingerprint density at radius 2 is 1.85 bits per heavy atom. The number of hydrogen-bond acceptors (Lipinski definition) is 7. The number of nitrogens with zero attached hydrogens (tertiary/aromatic N) is 6. The SMILES string of the molecule is Cc1cc(NC(=O)c2ccc3c(c2)OCO3)n(-c2ncnc3c2cnn3-c2ccc(Cl)cc2)n1. The molecule has 6 rings (SSSR count). The predicted octanol–water partition coefficient (Wildman–Crippen LogP) is 3.94. The highest BCUT2D eigenvalue weighted by molar-refractivity contribution is 6.30. The smallest absolute Gasteiger partial charge is 0.256 e. The third-order valence-corrected chi connectivity index (χ3v) is 5.58. The fraction of sp³-hybridized carbons (Fsp3) is 0.0870. The fourth-order valence-electron chi connectivity index (χ4n) is 3.75. The number of benzene rings is 2. The van der Waals surface area contributed by atoms with Crippen molar-refractivity contribution in [2.75, 3.05) is 12.1 Å². The first-order chi connectivity index (χ1) is 16.6. The lowest BCUT2D eigenvalue weighted by atomic mass is 10.2. The van der Waals surface area contributed by atoms with E-state index in [2.05, 4.69) is 25.5 Å². The van der Waals surface area contributed by atoms with Crippen molar-refractivity contribution in [3.05, 3.63) is 77.3 Å². The summed E-state index contributed by atoms with van der Waals surface area (Å²) >= 11 is 6.02. The monoisotopic (exact) mass is 473 g/mol. The number of carbonyl (C=O) groups excluding carboxylic acids is 1. The van der Waals surface area contributed by atoms with Crippen LogP contribution in [0.15, 0.2) is 61.1 Å². The van der Waals surface area contributed by atoms with Crippen molar-refractivity contribution in [1.29, 1.82) is 0 Å². The van der Waals surface area contributed by atoms with Crippen LogP contribution in [0.25, 0.3) is 22.5 Å². The van der Waals surface area contributed by atoms with E-state index in [9.17, 15) is 4.79 Å². The van der Waals surface area contributed by atoms with Crippen LogP contribution in [0, 0.1) is 6.92 Å². The molecule has 3 aromatic heterocycles. The van der Waals surface area contributed by atoms with Gasteiger partial charge in [0.1, 0.15) is 12.1 Å². The molecular weight excluding hydrogens is 458 g/mol. The quantitative estimate of drug-likeness (QED) is 0.421. The Balaban J connectivity index is 1.38. The van der Waals surface area contributed by atoms with Crippen molar-refractivity contribution in [3.63, 3.8) is 0 Å². The Hall–Kier alpha value is -4.44. The summed E-state index contributed by atoms with van der Waals surface area (Å²) in [6.07, 6.45) is 3.10. The molecule has 0 atom stereocenters. The summed E-state index contributed by atoms with van der Waals surface area (Å²) in [4.78, 5) is 21.8. The molecule has 0 unspecified atom stereocenters.